The van der Waals surface area contributed by atoms with Crippen LogP contribution in [0.25, 0.3) is 0 Å². The summed E-state index contributed by atoms with van der Waals surface area (Å²) in [5, 5.41) is 4.29. The fourth-order valence-corrected chi connectivity index (χ4v) is 4.48. The number of carbonyl (C=O) groups excluding carboxylic acids is 1. The number of piperidine rings is 1. The number of rotatable bonds is 6. The number of amides is 1. The van der Waals surface area contributed by atoms with E-state index in [1.165, 1.54) is 0 Å². The molecule has 1 aliphatic heterocycles. The van der Waals surface area contributed by atoms with Crippen LogP contribution in [0.4, 0.5) is 0 Å². The van der Waals surface area contributed by atoms with Gasteiger partial charge >= 0.3 is 0 Å². The van der Waals surface area contributed by atoms with Gasteiger partial charge in [-0.15, -0.1) is 0 Å². The standard InChI is InChI=1S/C27H27N5O2/c1-20-7-4-10-23(17-20)34-26-25(28-13-14-29-26)22-9-5-15-31(18-22)27(33)24-11-3-2-8-21(24)19-32-16-6-12-30-32/h2-4,6-8,10-14,16-17,22H,5,9,15,18-19H2,1H3/t22-/m0/s1. The fraction of sp³-hybridized carbons (Fsp3) is 0.259. The molecule has 0 bridgehead atoms. The summed E-state index contributed by atoms with van der Waals surface area (Å²) in [5.41, 5.74) is 3.59. The molecular formula is C27H27N5O2. The van der Waals surface area contributed by atoms with Gasteiger partial charge in [0.1, 0.15) is 11.4 Å². The van der Waals surface area contributed by atoms with Gasteiger partial charge in [0.05, 0.1) is 6.54 Å². The molecule has 1 atom stereocenters. The van der Waals surface area contributed by atoms with E-state index in [1.54, 1.807) is 18.6 Å². The third-order valence-corrected chi connectivity index (χ3v) is 6.13. The van der Waals surface area contributed by atoms with Crippen molar-refractivity contribution in [2.24, 2.45) is 0 Å². The first-order chi connectivity index (χ1) is 16.7. The Morgan fingerprint density at radius 3 is 2.79 bits per heavy atom. The molecule has 2 aromatic heterocycles. The molecule has 4 aromatic rings. The van der Waals surface area contributed by atoms with Gasteiger partial charge < -0.3 is 9.64 Å². The molecule has 0 radical (unpaired) electrons. The zero-order chi connectivity index (χ0) is 23.3. The lowest BCUT2D eigenvalue weighted by molar-refractivity contribution is 0.0703. The van der Waals surface area contributed by atoms with Gasteiger partial charge in [0, 0.05) is 49.4 Å². The van der Waals surface area contributed by atoms with Crippen LogP contribution in [0.2, 0.25) is 0 Å². The highest BCUT2D eigenvalue weighted by Crippen LogP contribution is 2.33. The molecule has 1 saturated heterocycles. The van der Waals surface area contributed by atoms with Gasteiger partial charge in [-0.05, 0) is 55.2 Å². The van der Waals surface area contributed by atoms with Gasteiger partial charge in [0.15, 0.2) is 0 Å². The van der Waals surface area contributed by atoms with Crippen molar-refractivity contribution in [3.8, 4) is 11.6 Å². The third-order valence-electron chi connectivity index (χ3n) is 6.13. The van der Waals surface area contributed by atoms with Crippen LogP contribution in [-0.2, 0) is 6.54 Å². The second-order valence-electron chi connectivity index (χ2n) is 8.62. The Labute approximate surface area is 199 Å². The van der Waals surface area contributed by atoms with E-state index in [9.17, 15) is 4.79 Å². The molecule has 0 saturated carbocycles. The number of aromatic nitrogens is 4. The Morgan fingerprint density at radius 2 is 1.94 bits per heavy atom. The smallest absolute Gasteiger partial charge is 0.254 e. The maximum absolute atomic E-state index is 13.6. The van der Waals surface area contributed by atoms with Crippen LogP contribution in [0.5, 0.6) is 11.6 Å². The molecule has 172 valence electrons. The third kappa shape index (κ3) is 4.83. The second kappa shape index (κ2) is 9.87. The summed E-state index contributed by atoms with van der Waals surface area (Å²) in [5.74, 6) is 1.34. The van der Waals surface area contributed by atoms with E-state index in [-0.39, 0.29) is 11.8 Å². The zero-order valence-corrected chi connectivity index (χ0v) is 19.2. The summed E-state index contributed by atoms with van der Waals surface area (Å²) in [6, 6.07) is 17.5. The number of benzene rings is 2. The minimum Gasteiger partial charge on any atom is -0.437 e. The molecule has 0 unspecified atom stereocenters. The van der Waals surface area contributed by atoms with Gasteiger partial charge in [-0.2, -0.15) is 5.10 Å². The van der Waals surface area contributed by atoms with E-state index in [0.29, 0.717) is 24.5 Å². The quantitative estimate of drug-likeness (QED) is 0.418. The van der Waals surface area contributed by atoms with Crippen LogP contribution < -0.4 is 4.74 Å². The van der Waals surface area contributed by atoms with Gasteiger partial charge in [-0.1, -0.05) is 30.3 Å². The number of aryl methyl sites for hydroxylation is 1. The summed E-state index contributed by atoms with van der Waals surface area (Å²) < 4.78 is 7.95. The normalized spacial score (nSPS) is 15.8. The van der Waals surface area contributed by atoms with Gasteiger partial charge in [0.2, 0.25) is 5.88 Å². The van der Waals surface area contributed by atoms with E-state index in [4.69, 9.17) is 4.74 Å². The summed E-state index contributed by atoms with van der Waals surface area (Å²) >= 11 is 0. The van der Waals surface area contributed by atoms with Crippen LogP contribution >= 0.6 is 0 Å². The first-order valence-electron chi connectivity index (χ1n) is 11.6. The van der Waals surface area contributed by atoms with Crippen molar-refractivity contribution in [1.29, 1.82) is 0 Å². The van der Waals surface area contributed by atoms with Gasteiger partial charge in [-0.3, -0.25) is 14.5 Å². The summed E-state index contributed by atoms with van der Waals surface area (Å²) in [6.07, 6.45) is 8.82. The van der Waals surface area contributed by atoms with Crippen LogP contribution in [0.15, 0.2) is 79.4 Å². The zero-order valence-electron chi connectivity index (χ0n) is 19.2. The van der Waals surface area contributed by atoms with Gasteiger partial charge in [0.25, 0.3) is 5.91 Å². The Balaban J connectivity index is 1.36. The highest BCUT2D eigenvalue weighted by molar-refractivity contribution is 5.95. The first-order valence-corrected chi connectivity index (χ1v) is 11.6. The van der Waals surface area contributed by atoms with Crippen molar-refractivity contribution in [3.05, 3.63) is 102 Å². The van der Waals surface area contributed by atoms with Crippen molar-refractivity contribution in [2.75, 3.05) is 13.1 Å². The van der Waals surface area contributed by atoms with Crippen molar-refractivity contribution >= 4 is 5.91 Å². The Kier molecular flexibility index (Phi) is 6.33. The molecule has 7 heteroatoms. The summed E-state index contributed by atoms with van der Waals surface area (Å²) in [6.45, 7) is 3.89. The second-order valence-corrected chi connectivity index (χ2v) is 8.62. The van der Waals surface area contributed by atoms with E-state index in [2.05, 4.69) is 15.1 Å². The van der Waals surface area contributed by atoms with Crippen molar-refractivity contribution in [3.63, 3.8) is 0 Å². The molecule has 3 heterocycles. The monoisotopic (exact) mass is 453 g/mol. The predicted molar refractivity (Wildman–Crippen MR) is 129 cm³/mol. The van der Waals surface area contributed by atoms with E-state index in [0.717, 1.165) is 42.0 Å². The number of likely N-dealkylation sites (tertiary alicyclic amines) is 1. The van der Waals surface area contributed by atoms with Crippen molar-refractivity contribution < 1.29 is 9.53 Å². The molecule has 7 nitrogen and oxygen atoms in total. The summed E-state index contributed by atoms with van der Waals surface area (Å²) in [7, 11) is 0. The molecule has 1 aliphatic rings. The number of hydrogen-bond donors (Lipinski definition) is 0. The lowest BCUT2D eigenvalue weighted by Gasteiger charge is -2.33. The highest BCUT2D eigenvalue weighted by atomic mass is 16.5. The van der Waals surface area contributed by atoms with Crippen LogP contribution in [-0.4, -0.2) is 43.6 Å². The van der Waals surface area contributed by atoms with Crippen molar-refractivity contribution in [2.45, 2.75) is 32.2 Å². The van der Waals surface area contributed by atoms with E-state index in [1.807, 2.05) is 77.3 Å². The maximum Gasteiger partial charge on any atom is 0.254 e. The Bertz CT molecular complexity index is 1270. The minimum atomic E-state index is 0.0394. The molecule has 0 N–H and O–H groups in total. The van der Waals surface area contributed by atoms with E-state index < -0.39 is 0 Å². The molecule has 5 rings (SSSR count). The molecule has 0 aliphatic carbocycles. The highest BCUT2D eigenvalue weighted by Gasteiger charge is 2.29. The molecule has 1 amide bonds. The average Bonchev–Trinajstić information content (AvgIpc) is 3.38. The Hall–Kier alpha value is -4.00. The lowest BCUT2D eigenvalue weighted by atomic mass is 9.93. The topological polar surface area (TPSA) is 73.1 Å². The Morgan fingerprint density at radius 1 is 1.06 bits per heavy atom. The fourth-order valence-electron chi connectivity index (χ4n) is 4.48. The maximum atomic E-state index is 13.6. The number of hydrogen-bond acceptors (Lipinski definition) is 5. The molecule has 0 spiro atoms. The minimum absolute atomic E-state index is 0.0394. The lowest BCUT2D eigenvalue weighted by Crippen LogP contribution is -2.39. The molecule has 1 fully saturated rings. The average molecular weight is 454 g/mol. The molecule has 34 heavy (non-hydrogen) atoms. The number of carbonyl (C=O) groups is 1. The molecule has 2 aromatic carbocycles. The first kappa shape index (κ1) is 21.8. The van der Waals surface area contributed by atoms with E-state index >= 15 is 0 Å². The summed E-state index contributed by atoms with van der Waals surface area (Å²) in [4.78, 5) is 24.6. The molecular weight excluding hydrogens is 426 g/mol. The van der Waals surface area contributed by atoms with Gasteiger partial charge in [-0.25, -0.2) is 4.98 Å². The van der Waals surface area contributed by atoms with Crippen LogP contribution in [0.1, 0.15) is 45.9 Å². The SMILES string of the molecule is Cc1cccc(Oc2nccnc2[C@H]2CCCN(C(=O)c3ccccc3Cn3cccn3)C2)c1. The van der Waals surface area contributed by atoms with Crippen LogP contribution in [0, 0.1) is 6.92 Å². The largest absolute Gasteiger partial charge is 0.437 e. The van der Waals surface area contributed by atoms with Crippen LogP contribution in [0.3, 0.4) is 0 Å². The predicted octanol–water partition coefficient (Wildman–Crippen LogP) is 4.84. The number of nitrogens with zero attached hydrogens (tertiary/aromatic N) is 5. The number of ether oxygens (including phenoxy) is 1. The van der Waals surface area contributed by atoms with Crippen molar-refractivity contribution in [1.82, 2.24) is 24.6 Å².